The minimum Gasteiger partial charge on any atom is -0.391 e. The van der Waals surface area contributed by atoms with Gasteiger partial charge in [0.2, 0.25) is 0 Å². The molecule has 0 saturated heterocycles. The van der Waals surface area contributed by atoms with Crippen LogP contribution < -0.4 is 0 Å². The van der Waals surface area contributed by atoms with Crippen molar-refractivity contribution in [1.82, 2.24) is 0 Å². The molecule has 2 unspecified atom stereocenters. The standard InChI is InChI=1S/C11H10FNO/c1-7-2-3-8(4-9(7)12)11(6-13)5-10(11)14/h2-4,10,14H,5H2,1H3. The molecule has 1 N–H and O–H groups in total. The maximum Gasteiger partial charge on any atom is 0.126 e. The van der Waals surface area contributed by atoms with Gasteiger partial charge in [0.1, 0.15) is 11.2 Å². The topological polar surface area (TPSA) is 44.0 Å². The molecule has 1 saturated carbocycles. The van der Waals surface area contributed by atoms with Crippen molar-refractivity contribution in [2.24, 2.45) is 0 Å². The number of hydrogen-bond donors (Lipinski definition) is 1. The van der Waals surface area contributed by atoms with Gasteiger partial charge < -0.3 is 5.11 Å². The summed E-state index contributed by atoms with van der Waals surface area (Å²) in [4.78, 5) is 0. The van der Waals surface area contributed by atoms with Crippen molar-refractivity contribution in [2.45, 2.75) is 24.9 Å². The summed E-state index contributed by atoms with van der Waals surface area (Å²) in [5.74, 6) is -0.323. The van der Waals surface area contributed by atoms with Crippen LogP contribution in [0.1, 0.15) is 17.5 Å². The van der Waals surface area contributed by atoms with Crippen LogP contribution in [0.15, 0.2) is 18.2 Å². The zero-order valence-electron chi connectivity index (χ0n) is 7.79. The summed E-state index contributed by atoms with van der Waals surface area (Å²) >= 11 is 0. The summed E-state index contributed by atoms with van der Waals surface area (Å²) in [7, 11) is 0. The Kier molecular flexibility index (Phi) is 1.83. The van der Waals surface area contributed by atoms with Gasteiger partial charge in [0.05, 0.1) is 12.2 Å². The van der Waals surface area contributed by atoms with E-state index in [1.165, 1.54) is 6.07 Å². The summed E-state index contributed by atoms with van der Waals surface area (Å²) < 4.78 is 13.2. The van der Waals surface area contributed by atoms with Gasteiger partial charge in [-0.3, -0.25) is 0 Å². The van der Waals surface area contributed by atoms with E-state index in [4.69, 9.17) is 5.26 Å². The maximum atomic E-state index is 13.2. The van der Waals surface area contributed by atoms with Crippen molar-refractivity contribution in [3.05, 3.63) is 35.1 Å². The molecule has 0 bridgehead atoms. The second-order valence-electron chi connectivity index (χ2n) is 3.77. The number of aryl methyl sites for hydroxylation is 1. The summed E-state index contributed by atoms with van der Waals surface area (Å²) in [6.45, 7) is 1.67. The third-order valence-corrected chi connectivity index (χ3v) is 2.81. The molecule has 1 fully saturated rings. The predicted molar refractivity (Wildman–Crippen MR) is 49.1 cm³/mol. The molecule has 0 aromatic heterocycles. The maximum absolute atomic E-state index is 13.2. The largest absolute Gasteiger partial charge is 0.391 e. The average Bonchev–Trinajstić information content (AvgIpc) is 2.83. The van der Waals surface area contributed by atoms with Gasteiger partial charge in [-0.15, -0.1) is 0 Å². The summed E-state index contributed by atoms with van der Waals surface area (Å²) in [5, 5.41) is 18.3. The number of benzene rings is 1. The molecule has 2 nitrogen and oxygen atoms in total. The highest BCUT2D eigenvalue weighted by Crippen LogP contribution is 2.47. The first kappa shape index (κ1) is 9.17. The molecule has 1 aromatic rings. The van der Waals surface area contributed by atoms with Gasteiger partial charge in [0.25, 0.3) is 0 Å². The number of aliphatic hydroxyl groups excluding tert-OH is 1. The van der Waals surface area contributed by atoms with Crippen LogP contribution in [0, 0.1) is 24.1 Å². The van der Waals surface area contributed by atoms with Crippen LogP contribution in [0.25, 0.3) is 0 Å². The summed E-state index contributed by atoms with van der Waals surface area (Å²) in [6, 6.07) is 6.73. The van der Waals surface area contributed by atoms with Crippen LogP contribution in [0.5, 0.6) is 0 Å². The molecular formula is C11H10FNO. The van der Waals surface area contributed by atoms with Gasteiger partial charge >= 0.3 is 0 Å². The molecular weight excluding hydrogens is 181 g/mol. The number of nitriles is 1. The van der Waals surface area contributed by atoms with E-state index in [0.717, 1.165) is 0 Å². The van der Waals surface area contributed by atoms with E-state index in [9.17, 15) is 9.50 Å². The minimum absolute atomic E-state index is 0.323. The van der Waals surface area contributed by atoms with Gasteiger partial charge in [-0.25, -0.2) is 4.39 Å². The molecule has 0 heterocycles. The molecule has 0 spiro atoms. The highest BCUT2D eigenvalue weighted by atomic mass is 19.1. The SMILES string of the molecule is Cc1ccc(C2(C#N)CC2O)cc1F. The zero-order chi connectivity index (χ0) is 10.3. The second-order valence-corrected chi connectivity index (χ2v) is 3.77. The number of rotatable bonds is 1. The van der Waals surface area contributed by atoms with Crippen LogP contribution in [0.2, 0.25) is 0 Å². The first-order chi connectivity index (χ1) is 6.60. The highest BCUT2D eigenvalue weighted by molar-refractivity contribution is 5.43. The first-order valence-corrected chi connectivity index (χ1v) is 4.46. The van der Waals surface area contributed by atoms with Crippen molar-refractivity contribution in [1.29, 1.82) is 5.26 Å². The molecule has 0 aliphatic heterocycles. The molecule has 1 aliphatic carbocycles. The molecule has 3 heteroatoms. The fraction of sp³-hybridized carbons (Fsp3) is 0.364. The summed E-state index contributed by atoms with van der Waals surface area (Å²) in [5.41, 5.74) is 0.279. The van der Waals surface area contributed by atoms with E-state index in [1.54, 1.807) is 19.1 Å². The fourth-order valence-electron chi connectivity index (χ4n) is 1.61. The Hall–Kier alpha value is -1.40. The quantitative estimate of drug-likeness (QED) is 0.733. The second kappa shape index (κ2) is 2.79. The number of hydrogen-bond acceptors (Lipinski definition) is 2. The van der Waals surface area contributed by atoms with Crippen molar-refractivity contribution in [3.63, 3.8) is 0 Å². The average molecular weight is 191 g/mol. The molecule has 1 aliphatic rings. The molecule has 2 rings (SSSR count). The lowest BCUT2D eigenvalue weighted by atomic mass is 9.96. The monoisotopic (exact) mass is 191 g/mol. The Morgan fingerprint density at radius 3 is 2.71 bits per heavy atom. The van der Waals surface area contributed by atoms with Gasteiger partial charge in [-0.1, -0.05) is 12.1 Å². The lowest BCUT2D eigenvalue weighted by Gasteiger charge is -2.07. The van der Waals surface area contributed by atoms with Gasteiger partial charge in [-0.05, 0) is 24.1 Å². The van der Waals surface area contributed by atoms with Gasteiger partial charge in [0.15, 0.2) is 0 Å². The molecule has 14 heavy (non-hydrogen) atoms. The molecule has 2 atom stereocenters. The van der Waals surface area contributed by atoms with E-state index < -0.39 is 11.5 Å². The van der Waals surface area contributed by atoms with Crippen LogP contribution >= 0.6 is 0 Å². The fourth-order valence-corrected chi connectivity index (χ4v) is 1.61. The number of nitrogens with zero attached hydrogens (tertiary/aromatic N) is 1. The van der Waals surface area contributed by atoms with Crippen molar-refractivity contribution in [2.75, 3.05) is 0 Å². The number of aliphatic hydroxyl groups is 1. The lowest BCUT2D eigenvalue weighted by molar-refractivity contribution is 0.260. The molecule has 0 amide bonds. The molecule has 1 aromatic carbocycles. The van der Waals surface area contributed by atoms with Crippen LogP contribution in [-0.2, 0) is 5.41 Å². The van der Waals surface area contributed by atoms with E-state index >= 15 is 0 Å². The van der Waals surface area contributed by atoms with Crippen LogP contribution in [0.4, 0.5) is 4.39 Å². The Labute approximate surface area is 81.6 Å². The third-order valence-electron chi connectivity index (χ3n) is 2.81. The number of halogens is 1. The smallest absolute Gasteiger partial charge is 0.126 e. The molecule has 0 radical (unpaired) electrons. The van der Waals surface area contributed by atoms with Crippen molar-refractivity contribution >= 4 is 0 Å². The third kappa shape index (κ3) is 1.11. The highest BCUT2D eigenvalue weighted by Gasteiger charge is 2.55. The van der Waals surface area contributed by atoms with E-state index in [0.29, 0.717) is 17.5 Å². The van der Waals surface area contributed by atoms with E-state index in [2.05, 4.69) is 0 Å². The van der Waals surface area contributed by atoms with Crippen LogP contribution in [0.3, 0.4) is 0 Å². The van der Waals surface area contributed by atoms with Gasteiger partial charge in [-0.2, -0.15) is 5.26 Å². The minimum atomic E-state index is -0.853. The lowest BCUT2D eigenvalue weighted by Crippen LogP contribution is -2.09. The van der Waals surface area contributed by atoms with Gasteiger partial charge in [0, 0.05) is 6.42 Å². The Morgan fingerprint density at radius 2 is 2.29 bits per heavy atom. The zero-order valence-corrected chi connectivity index (χ0v) is 7.79. The predicted octanol–water partition coefficient (Wildman–Crippen LogP) is 1.66. The Bertz CT molecular complexity index is 424. The Balaban J connectivity index is 2.44. The van der Waals surface area contributed by atoms with Crippen LogP contribution in [-0.4, -0.2) is 11.2 Å². The van der Waals surface area contributed by atoms with Crippen molar-refractivity contribution in [3.8, 4) is 6.07 Å². The Morgan fingerprint density at radius 1 is 1.64 bits per heavy atom. The summed E-state index contributed by atoms with van der Waals surface area (Å²) in [6.07, 6.45) is -0.235. The molecule has 72 valence electrons. The first-order valence-electron chi connectivity index (χ1n) is 4.46. The normalized spacial score (nSPS) is 29.7. The van der Waals surface area contributed by atoms with E-state index in [1.807, 2.05) is 6.07 Å². The van der Waals surface area contributed by atoms with E-state index in [-0.39, 0.29) is 5.82 Å². The van der Waals surface area contributed by atoms with Crippen molar-refractivity contribution < 1.29 is 9.50 Å².